The summed E-state index contributed by atoms with van der Waals surface area (Å²) in [4.78, 5) is 1.11. The Kier molecular flexibility index (Phi) is 1.48. The molecule has 2 rings (SSSR count). The van der Waals surface area contributed by atoms with Crippen LogP contribution in [-0.2, 0) is 4.74 Å². The molecule has 1 aliphatic rings. The summed E-state index contributed by atoms with van der Waals surface area (Å²) < 4.78 is 5.01. The van der Waals surface area contributed by atoms with Gasteiger partial charge in [0, 0.05) is 4.88 Å². The highest BCUT2D eigenvalue weighted by molar-refractivity contribution is 7.10. The van der Waals surface area contributed by atoms with E-state index in [1.807, 2.05) is 17.5 Å². The van der Waals surface area contributed by atoms with Crippen molar-refractivity contribution in [3.05, 3.63) is 22.4 Å². The SMILES string of the molecule is [NH]C(c1cccs1)C1CO1. The standard InChI is InChI=1S/C7H8NOS/c8-7(5-4-9-5)6-2-1-3-10-6/h1-3,5,7-8H,4H2. The van der Waals surface area contributed by atoms with E-state index in [2.05, 4.69) is 0 Å². The monoisotopic (exact) mass is 154 g/mol. The van der Waals surface area contributed by atoms with Crippen LogP contribution in [0.5, 0.6) is 0 Å². The van der Waals surface area contributed by atoms with Gasteiger partial charge in [-0.15, -0.1) is 11.3 Å². The molecule has 0 saturated carbocycles. The summed E-state index contributed by atoms with van der Waals surface area (Å²) in [5, 5.41) is 2.00. The van der Waals surface area contributed by atoms with E-state index in [-0.39, 0.29) is 12.1 Å². The second-order valence-electron chi connectivity index (χ2n) is 2.36. The molecular weight excluding hydrogens is 146 g/mol. The van der Waals surface area contributed by atoms with Gasteiger partial charge in [-0.2, -0.15) is 0 Å². The number of nitrogens with one attached hydrogen (secondary N) is 1. The minimum atomic E-state index is -0.139. The van der Waals surface area contributed by atoms with Gasteiger partial charge in [-0.25, -0.2) is 5.73 Å². The minimum absolute atomic E-state index is 0.139. The first-order chi connectivity index (χ1) is 4.88. The number of epoxide rings is 1. The predicted molar refractivity (Wildman–Crippen MR) is 39.9 cm³/mol. The fourth-order valence-electron chi connectivity index (χ4n) is 0.899. The van der Waals surface area contributed by atoms with Gasteiger partial charge in [-0.05, 0) is 11.4 Å². The zero-order valence-electron chi connectivity index (χ0n) is 5.41. The lowest BCUT2D eigenvalue weighted by Crippen LogP contribution is -2.04. The van der Waals surface area contributed by atoms with Crippen molar-refractivity contribution < 1.29 is 4.74 Å². The van der Waals surface area contributed by atoms with Crippen molar-refractivity contribution in [2.45, 2.75) is 12.1 Å². The average molecular weight is 154 g/mol. The van der Waals surface area contributed by atoms with Crippen molar-refractivity contribution in [1.82, 2.24) is 5.73 Å². The maximum Gasteiger partial charge on any atom is 0.102 e. The lowest BCUT2D eigenvalue weighted by atomic mass is 10.2. The van der Waals surface area contributed by atoms with E-state index < -0.39 is 0 Å². The Balaban J connectivity index is 2.11. The van der Waals surface area contributed by atoms with E-state index in [4.69, 9.17) is 10.5 Å². The number of hydrogen-bond acceptors (Lipinski definition) is 2. The van der Waals surface area contributed by atoms with Crippen molar-refractivity contribution in [3.8, 4) is 0 Å². The Labute approximate surface area is 63.6 Å². The molecule has 1 aromatic rings. The molecule has 53 valence electrons. The van der Waals surface area contributed by atoms with Crippen LogP contribution in [0.1, 0.15) is 10.9 Å². The maximum absolute atomic E-state index is 7.63. The van der Waals surface area contributed by atoms with Gasteiger partial charge in [-0.3, -0.25) is 0 Å². The summed E-state index contributed by atoms with van der Waals surface area (Å²) in [5.41, 5.74) is 7.63. The topological polar surface area (TPSA) is 36.3 Å². The zero-order valence-corrected chi connectivity index (χ0v) is 6.23. The van der Waals surface area contributed by atoms with Gasteiger partial charge in [0.05, 0.1) is 12.6 Å². The zero-order chi connectivity index (χ0) is 6.97. The molecule has 0 bridgehead atoms. The highest BCUT2D eigenvalue weighted by Crippen LogP contribution is 2.29. The van der Waals surface area contributed by atoms with Crippen molar-refractivity contribution in [1.29, 1.82) is 0 Å². The van der Waals surface area contributed by atoms with Gasteiger partial charge in [0.1, 0.15) is 6.10 Å². The van der Waals surface area contributed by atoms with Gasteiger partial charge in [0.25, 0.3) is 0 Å². The van der Waals surface area contributed by atoms with Crippen LogP contribution in [0.15, 0.2) is 17.5 Å². The molecule has 0 aromatic carbocycles. The van der Waals surface area contributed by atoms with Gasteiger partial charge >= 0.3 is 0 Å². The first-order valence-electron chi connectivity index (χ1n) is 3.24. The predicted octanol–water partition coefficient (Wildman–Crippen LogP) is 1.47. The highest BCUT2D eigenvalue weighted by atomic mass is 32.1. The first-order valence-corrected chi connectivity index (χ1v) is 4.12. The lowest BCUT2D eigenvalue weighted by Gasteiger charge is -2.01. The molecular formula is C7H8NOS. The number of hydrogen-bond donors (Lipinski definition) is 0. The Morgan fingerprint density at radius 2 is 2.60 bits per heavy atom. The van der Waals surface area contributed by atoms with Crippen LogP contribution < -0.4 is 5.73 Å². The molecule has 1 aromatic heterocycles. The summed E-state index contributed by atoms with van der Waals surface area (Å²) >= 11 is 1.63. The van der Waals surface area contributed by atoms with Crippen LogP contribution in [0.25, 0.3) is 0 Å². The Morgan fingerprint density at radius 3 is 3.10 bits per heavy atom. The molecule has 10 heavy (non-hydrogen) atoms. The van der Waals surface area contributed by atoms with Crippen molar-refractivity contribution in [3.63, 3.8) is 0 Å². The Bertz CT molecular complexity index is 205. The lowest BCUT2D eigenvalue weighted by molar-refractivity contribution is 0.374. The molecule has 0 spiro atoms. The van der Waals surface area contributed by atoms with E-state index in [1.165, 1.54) is 0 Å². The molecule has 2 atom stereocenters. The molecule has 1 aliphatic heterocycles. The summed E-state index contributed by atoms with van der Waals surface area (Å²) in [5.74, 6) is 0. The van der Waals surface area contributed by atoms with Crippen LogP contribution in [0.3, 0.4) is 0 Å². The minimum Gasteiger partial charge on any atom is -0.371 e. The molecule has 3 heteroatoms. The van der Waals surface area contributed by atoms with Gasteiger partial charge in [0.15, 0.2) is 0 Å². The van der Waals surface area contributed by atoms with Crippen molar-refractivity contribution in [2.75, 3.05) is 6.61 Å². The van der Waals surface area contributed by atoms with E-state index in [0.29, 0.717) is 0 Å². The summed E-state index contributed by atoms with van der Waals surface area (Å²) in [6, 6.07) is 3.83. The number of thiophene rings is 1. The Morgan fingerprint density at radius 1 is 1.80 bits per heavy atom. The third-order valence-electron chi connectivity index (χ3n) is 1.58. The molecule has 1 N–H and O–H groups in total. The third-order valence-corrected chi connectivity index (χ3v) is 2.54. The van der Waals surface area contributed by atoms with Gasteiger partial charge < -0.3 is 4.74 Å². The average Bonchev–Trinajstić information content (AvgIpc) is 2.65. The molecule has 0 amide bonds. The van der Waals surface area contributed by atoms with Gasteiger partial charge in [-0.1, -0.05) is 6.07 Å². The van der Waals surface area contributed by atoms with Gasteiger partial charge in [0.2, 0.25) is 0 Å². The van der Waals surface area contributed by atoms with E-state index in [0.717, 1.165) is 11.5 Å². The van der Waals surface area contributed by atoms with Crippen LogP contribution in [0.4, 0.5) is 0 Å². The highest BCUT2D eigenvalue weighted by Gasteiger charge is 2.31. The number of rotatable bonds is 2. The smallest absolute Gasteiger partial charge is 0.102 e. The number of ether oxygens (including phenoxy) is 1. The van der Waals surface area contributed by atoms with Crippen LogP contribution in [-0.4, -0.2) is 12.7 Å². The summed E-state index contributed by atoms with van der Waals surface area (Å²) in [6.07, 6.45) is 0.179. The van der Waals surface area contributed by atoms with Crippen LogP contribution in [0, 0.1) is 0 Å². The maximum atomic E-state index is 7.63. The molecule has 2 nitrogen and oxygen atoms in total. The van der Waals surface area contributed by atoms with E-state index in [1.54, 1.807) is 11.3 Å². The molecule has 1 saturated heterocycles. The summed E-state index contributed by atoms with van der Waals surface area (Å²) in [6.45, 7) is 0.770. The summed E-state index contributed by atoms with van der Waals surface area (Å²) in [7, 11) is 0. The fraction of sp³-hybridized carbons (Fsp3) is 0.429. The normalized spacial score (nSPS) is 26.3. The van der Waals surface area contributed by atoms with Crippen LogP contribution in [0.2, 0.25) is 0 Å². The first kappa shape index (κ1) is 6.34. The molecule has 2 heterocycles. The van der Waals surface area contributed by atoms with Crippen LogP contribution >= 0.6 is 11.3 Å². The van der Waals surface area contributed by atoms with E-state index >= 15 is 0 Å². The van der Waals surface area contributed by atoms with Crippen molar-refractivity contribution in [2.24, 2.45) is 0 Å². The molecule has 2 unspecified atom stereocenters. The Hall–Kier alpha value is -0.380. The largest absolute Gasteiger partial charge is 0.371 e. The second kappa shape index (κ2) is 2.34. The molecule has 1 fully saturated rings. The second-order valence-corrected chi connectivity index (χ2v) is 3.34. The quantitative estimate of drug-likeness (QED) is 0.594. The fourth-order valence-corrected chi connectivity index (χ4v) is 1.67. The van der Waals surface area contributed by atoms with Crippen molar-refractivity contribution >= 4 is 11.3 Å². The molecule has 0 aliphatic carbocycles. The molecule has 1 radical (unpaired) electrons. The third kappa shape index (κ3) is 1.08. The van der Waals surface area contributed by atoms with E-state index in [9.17, 15) is 0 Å².